The van der Waals surface area contributed by atoms with Crippen LogP contribution in [0.1, 0.15) is 32.3 Å². The minimum absolute atomic E-state index is 0. The summed E-state index contributed by atoms with van der Waals surface area (Å²) in [5, 5.41) is 6.87. The lowest BCUT2D eigenvalue weighted by Crippen LogP contribution is -2.44. The highest BCUT2D eigenvalue weighted by molar-refractivity contribution is 14.0. The lowest BCUT2D eigenvalue weighted by atomic mass is 9.97. The Morgan fingerprint density at radius 2 is 1.80 bits per heavy atom. The van der Waals surface area contributed by atoms with Crippen molar-refractivity contribution in [1.29, 1.82) is 0 Å². The van der Waals surface area contributed by atoms with Crippen molar-refractivity contribution in [3.05, 3.63) is 17.7 Å². The molecule has 1 atom stereocenters. The molecule has 2 N–H and O–H groups in total. The van der Waals surface area contributed by atoms with E-state index in [1.54, 1.807) is 28.4 Å². The molecule has 1 aliphatic heterocycles. The van der Waals surface area contributed by atoms with Gasteiger partial charge in [0.15, 0.2) is 17.5 Å². The molecule has 0 aromatic heterocycles. The zero-order chi connectivity index (χ0) is 21.2. The molecule has 0 radical (unpaired) electrons. The Bertz CT molecular complexity index is 645. The number of hydrogen-bond acceptors (Lipinski definition) is 5. The van der Waals surface area contributed by atoms with Crippen LogP contribution >= 0.6 is 24.0 Å². The predicted octanol–water partition coefficient (Wildman–Crippen LogP) is 3.36. The molecule has 0 spiro atoms. The summed E-state index contributed by atoms with van der Waals surface area (Å²) in [5.41, 5.74) is 1.03. The van der Waals surface area contributed by atoms with Crippen LogP contribution in [0.25, 0.3) is 0 Å². The normalized spacial score (nSPS) is 17.3. The Morgan fingerprint density at radius 1 is 1.13 bits per heavy atom. The first-order chi connectivity index (χ1) is 14.0. The largest absolute Gasteiger partial charge is 0.493 e. The molecule has 172 valence electrons. The molecular formula is C22H39IN4O3. The number of methoxy groups -OCH3 is 3. The van der Waals surface area contributed by atoms with Gasteiger partial charge in [-0.15, -0.1) is 24.0 Å². The molecule has 1 fully saturated rings. The molecule has 0 amide bonds. The fraction of sp³-hybridized carbons (Fsp3) is 0.682. The van der Waals surface area contributed by atoms with Crippen molar-refractivity contribution in [1.82, 2.24) is 15.5 Å². The second kappa shape index (κ2) is 13.8. The molecule has 1 aromatic carbocycles. The van der Waals surface area contributed by atoms with Gasteiger partial charge in [0, 0.05) is 33.2 Å². The third kappa shape index (κ3) is 8.02. The summed E-state index contributed by atoms with van der Waals surface area (Å²) >= 11 is 0. The Balaban J connectivity index is 0.00000450. The Hall–Kier alpha value is -1.42. The smallest absolute Gasteiger partial charge is 0.203 e. The average molecular weight is 534 g/mol. The summed E-state index contributed by atoms with van der Waals surface area (Å²) in [6, 6.07) is 3.90. The molecule has 1 saturated heterocycles. The van der Waals surface area contributed by atoms with Crippen LogP contribution in [0.4, 0.5) is 0 Å². The molecule has 0 saturated carbocycles. The number of rotatable bonds is 9. The van der Waals surface area contributed by atoms with E-state index in [1.807, 2.05) is 12.1 Å². The number of aliphatic imine (C=N–C) groups is 1. The average Bonchev–Trinajstić information content (AvgIpc) is 2.72. The summed E-state index contributed by atoms with van der Waals surface area (Å²) in [7, 11) is 6.66. The molecule has 0 aliphatic carbocycles. The highest BCUT2D eigenvalue weighted by atomic mass is 127. The lowest BCUT2D eigenvalue weighted by molar-refractivity contribution is 0.159. The van der Waals surface area contributed by atoms with Crippen molar-refractivity contribution in [2.45, 2.75) is 33.2 Å². The zero-order valence-corrected chi connectivity index (χ0v) is 21.6. The second-order valence-electron chi connectivity index (χ2n) is 8.00. The SMILES string of the molecule is CN=C(NCc1cc(OC)c(OC)c(OC)c1)NCC1CCCN(CC(C)C)C1.I. The summed E-state index contributed by atoms with van der Waals surface area (Å²) < 4.78 is 16.3. The predicted molar refractivity (Wildman–Crippen MR) is 134 cm³/mol. The van der Waals surface area contributed by atoms with Crippen LogP contribution in [0.3, 0.4) is 0 Å². The Labute approximate surface area is 199 Å². The molecule has 1 aromatic rings. The van der Waals surface area contributed by atoms with Crippen molar-refractivity contribution in [3.8, 4) is 17.2 Å². The van der Waals surface area contributed by atoms with E-state index < -0.39 is 0 Å². The van der Waals surface area contributed by atoms with Crippen LogP contribution in [-0.4, -0.2) is 65.4 Å². The van der Waals surface area contributed by atoms with Crippen molar-refractivity contribution < 1.29 is 14.2 Å². The van der Waals surface area contributed by atoms with Gasteiger partial charge in [0.1, 0.15) is 0 Å². The number of halogens is 1. The fourth-order valence-corrected chi connectivity index (χ4v) is 3.88. The first-order valence-corrected chi connectivity index (χ1v) is 10.5. The van der Waals surface area contributed by atoms with Crippen LogP contribution in [0, 0.1) is 11.8 Å². The highest BCUT2D eigenvalue weighted by Gasteiger charge is 2.20. The number of likely N-dealkylation sites (tertiary alicyclic amines) is 1. The maximum Gasteiger partial charge on any atom is 0.203 e. The number of nitrogens with one attached hydrogen (secondary N) is 2. The monoisotopic (exact) mass is 534 g/mol. The topological polar surface area (TPSA) is 67.4 Å². The van der Waals surface area contributed by atoms with Crippen LogP contribution < -0.4 is 24.8 Å². The fourth-order valence-electron chi connectivity index (χ4n) is 3.88. The summed E-state index contributed by atoms with van der Waals surface area (Å²) in [6.45, 7) is 9.69. The Morgan fingerprint density at radius 3 is 2.33 bits per heavy atom. The second-order valence-corrected chi connectivity index (χ2v) is 8.00. The van der Waals surface area contributed by atoms with Crippen molar-refractivity contribution in [2.24, 2.45) is 16.8 Å². The van der Waals surface area contributed by atoms with E-state index in [0.29, 0.717) is 29.7 Å². The van der Waals surface area contributed by atoms with Gasteiger partial charge in [0.25, 0.3) is 0 Å². The minimum atomic E-state index is 0. The van der Waals surface area contributed by atoms with Crippen molar-refractivity contribution in [3.63, 3.8) is 0 Å². The van der Waals surface area contributed by atoms with E-state index in [0.717, 1.165) is 30.5 Å². The molecule has 1 heterocycles. The number of piperidine rings is 1. The summed E-state index contributed by atoms with van der Waals surface area (Å²) in [6.07, 6.45) is 2.54. The highest BCUT2D eigenvalue weighted by Crippen LogP contribution is 2.38. The van der Waals surface area contributed by atoms with Gasteiger partial charge in [0.05, 0.1) is 21.3 Å². The van der Waals surface area contributed by atoms with Gasteiger partial charge in [-0.3, -0.25) is 4.99 Å². The molecular weight excluding hydrogens is 495 g/mol. The number of benzene rings is 1. The minimum Gasteiger partial charge on any atom is -0.493 e. The van der Waals surface area contributed by atoms with Crippen LogP contribution in [-0.2, 0) is 6.54 Å². The molecule has 1 unspecified atom stereocenters. The van der Waals surface area contributed by atoms with E-state index in [-0.39, 0.29) is 24.0 Å². The zero-order valence-electron chi connectivity index (χ0n) is 19.3. The van der Waals surface area contributed by atoms with E-state index >= 15 is 0 Å². The standard InChI is InChI=1S/C22H38N4O3.HI/c1-16(2)14-26-9-7-8-17(15-26)12-24-22(23-3)25-13-18-10-19(27-4)21(29-6)20(11-18)28-5;/h10-11,16-17H,7-9,12-15H2,1-6H3,(H2,23,24,25);1H. The number of hydrogen-bond donors (Lipinski definition) is 2. The van der Waals surface area contributed by atoms with E-state index in [4.69, 9.17) is 14.2 Å². The maximum absolute atomic E-state index is 5.43. The first-order valence-electron chi connectivity index (χ1n) is 10.5. The lowest BCUT2D eigenvalue weighted by Gasteiger charge is -2.34. The number of ether oxygens (including phenoxy) is 3. The molecule has 0 bridgehead atoms. The van der Waals surface area contributed by atoms with Gasteiger partial charge in [0.2, 0.25) is 5.75 Å². The van der Waals surface area contributed by atoms with Gasteiger partial charge in [-0.05, 0) is 48.9 Å². The van der Waals surface area contributed by atoms with Gasteiger partial charge in [-0.1, -0.05) is 13.8 Å². The van der Waals surface area contributed by atoms with Gasteiger partial charge in [-0.2, -0.15) is 0 Å². The third-order valence-electron chi connectivity index (χ3n) is 5.19. The molecule has 7 nitrogen and oxygen atoms in total. The van der Waals surface area contributed by atoms with Crippen LogP contribution in [0.15, 0.2) is 17.1 Å². The molecule has 8 heteroatoms. The van der Waals surface area contributed by atoms with E-state index in [9.17, 15) is 0 Å². The maximum atomic E-state index is 5.43. The Kier molecular flexibility index (Phi) is 12.2. The number of guanidine groups is 1. The van der Waals surface area contributed by atoms with Crippen LogP contribution in [0.5, 0.6) is 17.2 Å². The van der Waals surface area contributed by atoms with Gasteiger partial charge >= 0.3 is 0 Å². The molecule has 30 heavy (non-hydrogen) atoms. The number of nitrogens with zero attached hydrogens (tertiary/aromatic N) is 2. The summed E-state index contributed by atoms with van der Waals surface area (Å²) in [4.78, 5) is 6.96. The van der Waals surface area contributed by atoms with E-state index in [2.05, 4.69) is 34.4 Å². The first kappa shape index (κ1) is 26.6. The van der Waals surface area contributed by atoms with Gasteiger partial charge in [-0.25, -0.2) is 0 Å². The molecule has 2 rings (SSSR count). The molecule has 1 aliphatic rings. The van der Waals surface area contributed by atoms with Crippen molar-refractivity contribution in [2.75, 3.05) is 54.6 Å². The van der Waals surface area contributed by atoms with E-state index in [1.165, 1.54) is 25.9 Å². The van der Waals surface area contributed by atoms with Crippen LogP contribution in [0.2, 0.25) is 0 Å². The van der Waals surface area contributed by atoms with Gasteiger partial charge < -0.3 is 29.7 Å². The van der Waals surface area contributed by atoms with Crippen molar-refractivity contribution >= 4 is 29.9 Å². The third-order valence-corrected chi connectivity index (χ3v) is 5.19. The quantitative estimate of drug-likeness (QED) is 0.288. The summed E-state index contributed by atoms with van der Waals surface area (Å²) in [5.74, 6) is 4.08.